The number of ether oxygens (including phenoxy) is 2. The third-order valence-electron chi connectivity index (χ3n) is 6.30. The molecule has 0 radical (unpaired) electrons. The Morgan fingerprint density at radius 1 is 1.21 bits per heavy atom. The van der Waals surface area contributed by atoms with E-state index in [0.29, 0.717) is 23.1 Å². The van der Waals surface area contributed by atoms with Gasteiger partial charge in [0.05, 0.1) is 25.3 Å². The van der Waals surface area contributed by atoms with E-state index >= 15 is 0 Å². The molecule has 1 saturated heterocycles. The summed E-state index contributed by atoms with van der Waals surface area (Å²) < 4.78 is 16.7. The smallest absolute Gasteiger partial charge is 0.337 e. The predicted molar refractivity (Wildman–Crippen MR) is 108 cm³/mol. The normalized spacial score (nSPS) is 26.9. The molecule has 4 rings (SSSR count). The minimum atomic E-state index is -0.508. The summed E-state index contributed by atoms with van der Waals surface area (Å²) in [6.45, 7) is 6.84. The topological polar surface area (TPSA) is 72.1 Å². The van der Waals surface area contributed by atoms with Crippen LogP contribution < -0.4 is 4.74 Å². The molecule has 0 spiro atoms. The molecule has 4 atom stereocenters. The molecule has 0 unspecified atom stereocenters. The van der Waals surface area contributed by atoms with E-state index < -0.39 is 12.1 Å². The van der Waals surface area contributed by atoms with E-state index in [1.807, 2.05) is 13.0 Å². The van der Waals surface area contributed by atoms with E-state index in [2.05, 4.69) is 17.9 Å². The molecular formula is C23H29NO5. The first-order valence-corrected chi connectivity index (χ1v) is 10.2. The van der Waals surface area contributed by atoms with Gasteiger partial charge >= 0.3 is 5.97 Å². The van der Waals surface area contributed by atoms with Gasteiger partial charge in [-0.05, 0) is 68.4 Å². The van der Waals surface area contributed by atoms with E-state index in [1.54, 1.807) is 18.2 Å². The summed E-state index contributed by atoms with van der Waals surface area (Å²) in [5, 5.41) is 10.7. The molecule has 1 N–H and O–H groups in total. The molecule has 1 aromatic carbocycles. The summed E-state index contributed by atoms with van der Waals surface area (Å²) in [7, 11) is 1.36. The van der Waals surface area contributed by atoms with Crippen molar-refractivity contribution in [2.45, 2.75) is 45.4 Å². The molecule has 1 aliphatic heterocycles. The lowest BCUT2D eigenvalue weighted by Crippen LogP contribution is -2.42. The standard InChI is InChI=1S/C23H29NO5/c1-14-7-20(28-15(14)2)13-24-11-17-9-21(25)22(10-18(17)12-24)29-19-6-4-5-16(8-19)23(26)27-3/h4-8,17-18,21-22,25H,9-13H2,1-3H3/t17-,18+,21+,22+/m0/s1. The number of fused-ring (bicyclic) bond motifs is 1. The van der Waals surface area contributed by atoms with Crippen molar-refractivity contribution in [2.75, 3.05) is 20.2 Å². The third-order valence-corrected chi connectivity index (χ3v) is 6.30. The number of methoxy groups -OCH3 is 1. The van der Waals surface area contributed by atoms with Gasteiger partial charge in [0, 0.05) is 13.1 Å². The molecule has 6 nitrogen and oxygen atoms in total. The number of esters is 1. The van der Waals surface area contributed by atoms with Crippen molar-refractivity contribution in [3.63, 3.8) is 0 Å². The summed E-state index contributed by atoms with van der Waals surface area (Å²) in [4.78, 5) is 14.2. The van der Waals surface area contributed by atoms with Crippen LogP contribution in [0.15, 0.2) is 34.7 Å². The lowest BCUT2D eigenvalue weighted by Gasteiger charge is -2.35. The minimum Gasteiger partial charge on any atom is -0.488 e. The molecule has 2 fully saturated rings. The van der Waals surface area contributed by atoms with Gasteiger partial charge in [0.2, 0.25) is 0 Å². The molecule has 1 aliphatic carbocycles. The molecule has 2 aliphatic rings. The SMILES string of the molecule is COC(=O)c1cccc(O[C@@H]2C[C@@H]3CN(Cc4cc(C)c(C)o4)C[C@@H]3C[C@H]2O)c1. The van der Waals surface area contributed by atoms with Crippen molar-refractivity contribution < 1.29 is 23.8 Å². The van der Waals surface area contributed by atoms with Crippen molar-refractivity contribution in [3.8, 4) is 5.75 Å². The van der Waals surface area contributed by atoms with Gasteiger partial charge in [0.15, 0.2) is 0 Å². The number of nitrogens with zero attached hydrogens (tertiary/aromatic N) is 1. The number of furan rings is 1. The van der Waals surface area contributed by atoms with Gasteiger partial charge in [-0.1, -0.05) is 6.07 Å². The number of carbonyl (C=O) groups is 1. The summed E-state index contributed by atoms with van der Waals surface area (Å²) in [6, 6.07) is 9.07. The number of carbonyl (C=O) groups excluding carboxylic acids is 1. The molecule has 6 heteroatoms. The first-order valence-electron chi connectivity index (χ1n) is 10.2. The van der Waals surface area contributed by atoms with Crippen LogP contribution in [-0.2, 0) is 11.3 Å². The van der Waals surface area contributed by atoms with Gasteiger partial charge in [-0.2, -0.15) is 0 Å². The Kier molecular flexibility index (Phi) is 5.65. The second-order valence-electron chi connectivity index (χ2n) is 8.38. The van der Waals surface area contributed by atoms with Crippen LogP contribution in [0.1, 0.15) is 40.3 Å². The second-order valence-corrected chi connectivity index (χ2v) is 8.38. The Bertz CT molecular complexity index is 856. The number of hydrogen-bond acceptors (Lipinski definition) is 6. The van der Waals surface area contributed by atoms with Gasteiger partial charge in [-0.15, -0.1) is 0 Å². The van der Waals surface area contributed by atoms with Crippen LogP contribution in [0.25, 0.3) is 0 Å². The number of aliphatic hydroxyl groups is 1. The van der Waals surface area contributed by atoms with Crippen LogP contribution in [0.4, 0.5) is 0 Å². The van der Waals surface area contributed by atoms with Crippen LogP contribution >= 0.6 is 0 Å². The van der Waals surface area contributed by atoms with Gasteiger partial charge in [0.1, 0.15) is 23.4 Å². The van der Waals surface area contributed by atoms with E-state index in [4.69, 9.17) is 13.9 Å². The second kappa shape index (κ2) is 8.20. The largest absolute Gasteiger partial charge is 0.488 e. The van der Waals surface area contributed by atoms with Crippen LogP contribution in [0.2, 0.25) is 0 Å². The number of aliphatic hydroxyl groups excluding tert-OH is 1. The Labute approximate surface area is 171 Å². The zero-order chi connectivity index (χ0) is 20.5. The molecule has 29 heavy (non-hydrogen) atoms. The Morgan fingerprint density at radius 3 is 2.66 bits per heavy atom. The molecule has 0 bridgehead atoms. The molecule has 1 aromatic heterocycles. The maximum atomic E-state index is 11.7. The number of hydrogen-bond donors (Lipinski definition) is 1. The summed E-state index contributed by atoms with van der Waals surface area (Å²) in [5.41, 5.74) is 1.64. The lowest BCUT2D eigenvalue weighted by molar-refractivity contribution is -0.0231. The van der Waals surface area contributed by atoms with Crippen molar-refractivity contribution in [2.24, 2.45) is 11.8 Å². The summed E-state index contributed by atoms with van der Waals surface area (Å²) >= 11 is 0. The maximum absolute atomic E-state index is 11.7. The van der Waals surface area contributed by atoms with E-state index in [9.17, 15) is 9.90 Å². The minimum absolute atomic E-state index is 0.266. The predicted octanol–water partition coefficient (Wildman–Crippen LogP) is 3.33. The van der Waals surface area contributed by atoms with Crippen LogP contribution in [0.5, 0.6) is 5.75 Å². The molecule has 1 saturated carbocycles. The first-order chi connectivity index (χ1) is 13.9. The highest BCUT2D eigenvalue weighted by Crippen LogP contribution is 2.38. The quantitative estimate of drug-likeness (QED) is 0.778. The maximum Gasteiger partial charge on any atom is 0.337 e. The number of rotatable bonds is 5. The molecule has 0 amide bonds. The number of aryl methyl sites for hydroxylation is 2. The number of benzene rings is 1. The van der Waals surface area contributed by atoms with Gasteiger partial charge in [-0.3, -0.25) is 4.90 Å². The monoisotopic (exact) mass is 399 g/mol. The van der Waals surface area contributed by atoms with Gasteiger partial charge in [-0.25, -0.2) is 4.79 Å². The van der Waals surface area contributed by atoms with Crippen LogP contribution in [0, 0.1) is 25.7 Å². The average molecular weight is 399 g/mol. The summed E-state index contributed by atoms with van der Waals surface area (Å²) in [6.07, 6.45) is 0.767. The Hall–Kier alpha value is -2.31. The van der Waals surface area contributed by atoms with E-state index in [-0.39, 0.29) is 6.10 Å². The van der Waals surface area contributed by atoms with Crippen molar-refractivity contribution in [1.82, 2.24) is 4.90 Å². The van der Waals surface area contributed by atoms with Crippen molar-refractivity contribution in [3.05, 3.63) is 53.0 Å². The third kappa shape index (κ3) is 4.33. The molecule has 2 heterocycles. The molecular weight excluding hydrogens is 370 g/mol. The zero-order valence-electron chi connectivity index (χ0n) is 17.3. The fraction of sp³-hybridized carbons (Fsp3) is 0.522. The molecule has 156 valence electrons. The van der Waals surface area contributed by atoms with E-state index in [1.165, 1.54) is 12.7 Å². The van der Waals surface area contributed by atoms with Gasteiger partial charge < -0.3 is 19.0 Å². The zero-order valence-corrected chi connectivity index (χ0v) is 17.3. The number of likely N-dealkylation sites (tertiary alicyclic amines) is 1. The first kappa shape index (κ1) is 20.0. The fourth-order valence-corrected chi connectivity index (χ4v) is 4.68. The Balaban J connectivity index is 1.38. The van der Waals surface area contributed by atoms with Crippen molar-refractivity contribution >= 4 is 5.97 Å². The highest BCUT2D eigenvalue weighted by Gasteiger charge is 2.42. The van der Waals surface area contributed by atoms with Crippen LogP contribution in [0.3, 0.4) is 0 Å². The highest BCUT2D eigenvalue weighted by atomic mass is 16.5. The van der Waals surface area contributed by atoms with E-state index in [0.717, 1.165) is 44.0 Å². The Morgan fingerprint density at radius 2 is 1.97 bits per heavy atom. The van der Waals surface area contributed by atoms with Crippen molar-refractivity contribution in [1.29, 1.82) is 0 Å². The average Bonchev–Trinajstić information content (AvgIpc) is 3.23. The van der Waals surface area contributed by atoms with Crippen LogP contribution in [-0.4, -0.2) is 48.4 Å². The summed E-state index contributed by atoms with van der Waals surface area (Å²) in [5.74, 6) is 3.15. The highest BCUT2D eigenvalue weighted by molar-refractivity contribution is 5.89. The van der Waals surface area contributed by atoms with Gasteiger partial charge in [0.25, 0.3) is 0 Å². The lowest BCUT2D eigenvalue weighted by atomic mass is 9.78. The molecule has 2 aromatic rings. The fourth-order valence-electron chi connectivity index (χ4n) is 4.68.